The highest BCUT2D eigenvalue weighted by Crippen LogP contribution is 2.21. The highest BCUT2D eigenvalue weighted by Gasteiger charge is 2.27. The molecule has 0 atom stereocenters. The van der Waals surface area contributed by atoms with Crippen molar-refractivity contribution < 1.29 is 9.36 Å². The molecule has 122 valence electrons. The zero-order chi connectivity index (χ0) is 16.2. The van der Waals surface area contributed by atoms with Crippen molar-refractivity contribution in [3.63, 3.8) is 0 Å². The van der Waals surface area contributed by atoms with Gasteiger partial charge in [0, 0.05) is 26.2 Å². The van der Waals surface area contributed by atoms with E-state index in [0.717, 1.165) is 28.3 Å². The Morgan fingerprint density at radius 3 is 2.83 bits per heavy atom. The van der Waals surface area contributed by atoms with Crippen molar-refractivity contribution in [3.8, 4) is 0 Å². The number of allylic oxidation sites excluding steroid dienone is 1. The number of piperidine rings is 1. The van der Waals surface area contributed by atoms with Gasteiger partial charge in [-0.05, 0) is 25.0 Å². The monoisotopic (exact) mass is 330 g/mol. The Labute approximate surface area is 141 Å². The van der Waals surface area contributed by atoms with E-state index in [-0.39, 0.29) is 5.78 Å². The molecule has 1 aromatic carbocycles. The standard InChI is InChI=1S/C18H24N3OS/c1-3-11-21-15-9-5-6-10-17(15)23-18(21)16(22)14-19(2)20-12-7-4-8-13-20/h3,5-6,9-10H,1,4,7-8,11-14H2,2H3/q+1. The zero-order valence-electron chi connectivity index (χ0n) is 13.7. The summed E-state index contributed by atoms with van der Waals surface area (Å²) >= 11 is 1.58. The van der Waals surface area contributed by atoms with Crippen LogP contribution in [0.25, 0.3) is 10.2 Å². The van der Waals surface area contributed by atoms with E-state index in [9.17, 15) is 4.79 Å². The average Bonchev–Trinajstić information content (AvgIpc) is 2.95. The molecule has 3 rings (SSSR count). The number of Topliss-reactive ketones (excluding diaryl/α,β-unsaturated/α-hetero) is 1. The molecule has 0 N–H and O–H groups in total. The third kappa shape index (κ3) is 3.52. The van der Waals surface area contributed by atoms with Crippen molar-refractivity contribution in [3.05, 3.63) is 41.9 Å². The van der Waals surface area contributed by atoms with E-state index in [4.69, 9.17) is 0 Å². The minimum atomic E-state index is 0.182. The van der Waals surface area contributed by atoms with Crippen LogP contribution in [0.2, 0.25) is 0 Å². The number of carbonyl (C=O) groups excluding carboxylic acids is 1. The van der Waals surface area contributed by atoms with E-state index in [1.165, 1.54) is 19.3 Å². The summed E-state index contributed by atoms with van der Waals surface area (Å²) < 4.78 is 3.23. The highest BCUT2D eigenvalue weighted by molar-refractivity contribution is 7.19. The first-order valence-corrected chi connectivity index (χ1v) is 9.04. The Balaban J connectivity index is 1.82. The molecular weight excluding hydrogens is 306 g/mol. The lowest BCUT2D eigenvalue weighted by Gasteiger charge is -2.34. The predicted octanol–water partition coefficient (Wildman–Crippen LogP) is 2.89. The van der Waals surface area contributed by atoms with Gasteiger partial charge in [-0.2, -0.15) is 4.57 Å². The number of hydrazine groups is 1. The molecule has 0 saturated carbocycles. The van der Waals surface area contributed by atoms with Gasteiger partial charge in [-0.25, -0.2) is 10.0 Å². The van der Waals surface area contributed by atoms with Gasteiger partial charge in [0.15, 0.2) is 6.54 Å². The number of nitrogens with zero attached hydrogens (tertiary/aromatic N) is 3. The highest BCUT2D eigenvalue weighted by atomic mass is 32.1. The fourth-order valence-corrected chi connectivity index (χ4v) is 4.25. The van der Waals surface area contributed by atoms with Crippen LogP contribution < -0.4 is 4.57 Å². The SMILES string of the molecule is C=CC[n+]1c(C(=O)CN(C)N2CCCCC2)sc2ccccc21. The number of likely N-dealkylation sites (N-methyl/N-ethyl adjacent to an activating group) is 1. The van der Waals surface area contributed by atoms with Crippen molar-refractivity contribution in [1.82, 2.24) is 10.0 Å². The number of fused-ring (bicyclic) bond motifs is 1. The Kier molecular flexibility index (Phi) is 5.20. The maximum atomic E-state index is 12.8. The normalized spacial score (nSPS) is 16.1. The van der Waals surface area contributed by atoms with E-state index in [1.807, 2.05) is 25.3 Å². The second-order valence-corrected chi connectivity index (χ2v) is 7.06. The zero-order valence-corrected chi connectivity index (χ0v) is 14.5. The van der Waals surface area contributed by atoms with Crippen LogP contribution in [0.15, 0.2) is 36.9 Å². The minimum absolute atomic E-state index is 0.182. The number of hydrogen-bond acceptors (Lipinski definition) is 4. The van der Waals surface area contributed by atoms with E-state index in [2.05, 4.69) is 33.3 Å². The van der Waals surface area contributed by atoms with Crippen molar-refractivity contribution in [2.75, 3.05) is 26.7 Å². The summed E-state index contributed by atoms with van der Waals surface area (Å²) in [6.07, 6.45) is 5.59. The van der Waals surface area contributed by atoms with Crippen LogP contribution in [0.3, 0.4) is 0 Å². The van der Waals surface area contributed by atoms with E-state index in [0.29, 0.717) is 13.1 Å². The molecule has 0 amide bonds. The maximum Gasteiger partial charge on any atom is 0.308 e. The number of thiazole rings is 1. The van der Waals surface area contributed by atoms with Gasteiger partial charge in [-0.3, -0.25) is 4.79 Å². The van der Waals surface area contributed by atoms with Crippen molar-refractivity contribution >= 4 is 27.3 Å². The van der Waals surface area contributed by atoms with Gasteiger partial charge in [0.1, 0.15) is 4.70 Å². The lowest BCUT2D eigenvalue weighted by Crippen LogP contribution is -2.47. The number of para-hydroxylation sites is 1. The molecule has 2 heterocycles. The van der Waals surface area contributed by atoms with Gasteiger partial charge >= 0.3 is 5.01 Å². The van der Waals surface area contributed by atoms with Crippen molar-refractivity contribution in [2.45, 2.75) is 25.8 Å². The van der Waals surface area contributed by atoms with E-state index < -0.39 is 0 Å². The minimum Gasteiger partial charge on any atom is -0.285 e. The van der Waals surface area contributed by atoms with Crippen LogP contribution in [0.5, 0.6) is 0 Å². The Morgan fingerprint density at radius 2 is 2.09 bits per heavy atom. The second kappa shape index (κ2) is 7.34. The quantitative estimate of drug-likeness (QED) is 0.463. The van der Waals surface area contributed by atoms with E-state index >= 15 is 0 Å². The molecule has 23 heavy (non-hydrogen) atoms. The third-order valence-electron chi connectivity index (χ3n) is 4.35. The molecule has 4 nitrogen and oxygen atoms in total. The number of carbonyl (C=O) groups is 1. The molecule has 1 saturated heterocycles. The van der Waals surface area contributed by atoms with Crippen LogP contribution in [0.4, 0.5) is 0 Å². The fraction of sp³-hybridized carbons (Fsp3) is 0.444. The lowest BCUT2D eigenvalue weighted by molar-refractivity contribution is -0.658. The van der Waals surface area contributed by atoms with Crippen molar-refractivity contribution in [2.24, 2.45) is 0 Å². The summed E-state index contributed by atoms with van der Waals surface area (Å²) in [6, 6.07) is 8.18. The number of benzene rings is 1. The molecule has 2 aromatic rings. The number of ketones is 1. The second-order valence-electron chi connectivity index (χ2n) is 6.03. The van der Waals surface area contributed by atoms with Gasteiger partial charge in [0.25, 0.3) is 5.78 Å². The molecule has 0 radical (unpaired) electrons. The Morgan fingerprint density at radius 1 is 1.35 bits per heavy atom. The van der Waals surface area contributed by atoms with Crippen molar-refractivity contribution in [1.29, 1.82) is 0 Å². The first-order valence-electron chi connectivity index (χ1n) is 8.22. The topological polar surface area (TPSA) is 27.4 Å². The van der Waals surface area contributed by atoms with Gasteiger partial charge in [0.05, 0.1) is 6.54 Å². The van der Waals surface area contributed by atoms with Crippen LogP contribution in [-0.4, -0.2) is 42.5 Å². The van der Waals surface area contributed by atoms with Gasteiger partial charge in [0.2, 0.25) is 5.52 Å². The van der Waals surface area contributed by atoms with E-state index in [1.54, 1.807) is 11.3 Å². The van der Waals surface area contributed by atoms with Gasteiger partial charge in [-0.15, -0.1) is 0 Å². The molecule has 0 aliphatic carbocycles. The van der Waals surface area contributed by atoms with Crippen LogP contribution in [0, 0.1) is 0 Å². The summed E-state index contributed by atoms with van der Waals surface area (Å²) in [5, 5.41) is 5.20. The first kappa shape index (κ1) is 16.3. The summed E-state index contributed by atoms with van der Waals surface area (Å²) in [6.45, 7) is 7.05. The molecule has 5 heteroatoms. The summed E-state index contributed by atoms with van der Waals surface area (Å²) in [5.74, 6) is 0.182. The number of aromatic nitrogens is 1. The molecule has 1 fully saturated rings. The molecule has 1 aromatic heterocycles. The average molecular weight is 330 g/mol. The molecular formula is C18H24N3OS+. The fourth-order valence-electron chi connectivity index (χ4n) is 3.15. The molecule has 0 bridgehead atoms. The Hall–Kier alpha value is -1.56. The smallest absolute Gasteiger partial charge is 0.285 e. The molecule has 1 aliphatic rings. The summed E-state index contributed by atoms with van der Waals surface area (Å²) in [7, 11) is 2.02. The van der Waals surface area contributed by atoms with Gasteiger partial charge in [-0.1, -0.05) is 36.5 Å². The number of hydrogen-bond donors (Lipinski definition) is 0. The molecule has 0 unspecified atom stereocenters. The number of rotatable bonds is 6. The third-order valence-corrected chi connectivity index (χ3v) is 5.55. The van der Waals surface area contributed by atoms with Crippen LogP contribution >= 0.6 is 11.3 Å². The molecule has 1 aliphatic heterocycles. The maximum absolute atomic E-state index is 12.8. The Bertz CT molecular complexity index is 703. The lowest BCUT2D eigenvalue weighted by atomic mass is 10.2. The van der Waals surface area contributed by atoms with Crippen LogP contribution in [-0.2, 0) is 6.54 Å². The largest absolute Gasteiger partial charge is 0.308 e. The van der Waals surface area contributed by atoms with Gasteiger partial charge < -0.3 is 0 Å². The first-order chi connectivity index (χ1) is 11.2. The predicted molar refractivity (Wildman–Crippen MR) is 94.6 cm³/mol. The summed E-state index contributed by atoms with van der Waals surface area (Å²) in [4.78, 5) is 12.8. The summed E-state index contributed by atoms with van der Waals surface area (Å²) in [5.41, 5.74) is 1.11. The molecule has 0 spiro atoms. The van der Waals surface area contributed by atoms with Crippen LogP contribution in [0.1, 0.15) is 29.1 Å².